The lowest BCUT2D eigenvalue weighted by molar-refractivity contribution is -0.126. The van der Waals surface area contributed by atoms with Crippen molar-refractivity contribution in [3.05, 3.63) is 0 Å². The summed E-state index contributed by atoms with van der Waals surface area (Å²) in [5, 5.41) is 3.16. The fourth-order valence-corrected chi connectivity index (χ4v) is 4.19. The fourth-order valence-electron chi connectivity index (χ4n) is 2.71. The van der Waals surface area contributed by atoms with Gasteiger partial charge in [-0.15, -0.1) is 0 Å². The molecule has 0 radical (unpaired) electrons. The highest BCUT2D eigenvalue weighted by atomic mass is 79.9. The van der Waals surface area contributed by atoms with Gasteiger partial charge in [-0.1, -0.05) is 38.8 Å². The van der Waals surface area contributed by atoms with Crippen LogP contribution in [0.25, 0.3) is 0 Å². The number of likely N-dealkylation sites (tertiary alicyclic amines) is 1. The van der Waals surface area contributed by atoms with Crippen molar-refractivity contribution in [2.75, 3.05) is 19.6 Å². The maximum Gasteiger partial charge on any atom is 0.228 e. The van der Waals surface area contributed by atoms with Crippen LogP contribution in [-0.2, 0) is 4.79 Å². The van der Waals surface area contributed by atoms with Gasteiger partial charge in [0, 0.05) is 12.6 Å². The molecule has 1 aliphatic heterocycles. The summed E-state index contributed by atoms with van der Waals surface area (Å²) >= 11 is 7.10. The highest BCUT2D eigenvalue weighted by Crippen LogP contribution is 2.66. The van der Waals surface area contributed by atoms with Crippen molar-refractivity contribution >= 4 is 37.8 Å². The van der Waals surface area contributed by atoms with E-state index in [2.05, 4.69) is 55.9 Å². The van der Waals surface area contributed by atoms with Gasteiger partial charge in [0.1, 0.15) is 0 Å². The molecule has 1 amide bonds. The summed E-state index contributed by atoms with van der Waals surface area (Å²) in [6.45, 7) is 9.72. The first-order valence-corrected chi connectivity index (χ1v) is 8.74. The molecule has 1 N–H and O–H groups in total. The van der Waals surface area contributed by atoms with E-state index in [1.54, 1.807) is 0 Å². The first kappa shape index (κ1) is 15.8. The van der Waals surface area contributed by atoms with Crippen LogP contribution in [0, 0.1) is 11.3 Å². The van der Waals surface area contributed by atoms with Gasteiger partial charge in [-0.25, -0.2) is 0 Å². The Hall–Kier alpha value is 0.390. The van der Waals surface area contributed by atoms with E-state index in [9.17, 15) is 4.79 Å². The van der Waals surface area contributed by atoms with Crippen LogP contribution in [0.1, 0.15) is 40.0 Å². The van der Waals surface area contributed by atoms with Gasteiger partial charge in [-0.2, -0.15) is 0 Å². The summed E-state index contributed by atoms with van der Waals surface area (Å²) in [5.74, 6) is 1.01. The quantitative estimate of drug-likeness (QED) is 0.741. The SMILES string of the molecule is CC1CCN(C[C@H](C)NC(=O)[C@]2(C)CC2(Br)Br)CC1. The van der Waals surface area contributed by atoms with E-state index in [-0.39, 0.29) is 20.6 Å². The van der Waals surface area contributed by atoms with E-state index < -0.39 is 0 Å². The average Bonchev–Trinajstić information content (AvgIpc) is 2.83. The number of piperidine rings is 1. The van der Waals surface area contributed by atoms with Crippen LogP contribution in [0.4, 0.5) is 0 Å². The van der Waals surface area contributed by atoms with Gasteiger partial charge < -0.3 is 10.2 Å². The predicted octanol–water partition coefficient (Wildman–Crippen LogP) is 3.12. The second-order valence-electron chi connectivity index (χ2n) is 6.57. The van der Waals surface area contributed by atoms with Crippen LogP contribution in [0.3, 0.4) is 0 Å². The van der Waals surface area contributed by atoms with E-state index in [0.29, 0.717) is 0 Å². The number of alkyl halides is 2. The van der Waals surface area contributed by atoms with Gasteiger partial charge in [-0.3, -0.25) is 4.79 Å². The number of hydrogen-bond donors (Lipinski definition) is 1. The molecule has 0 unspecified atom stereocenters. The number of carbonyl (C=O) groups is 1. The zero-order chi connectivity index (χ0) is 14.3. The Labute approximate surface area is 133 Å². The molecule has 2 aliphatic rings. The third-order valence-corrected chi connectivity index (χ3v) is 6.86. The molecule has 19 heavy (non-hydrogen) atoms. The van der Waals surface area contributed by atoms with E-state index in [1.807, 2.05) is 6.92 Å². The molecule has 3 nitrogen and oxygen atoms in total. The van der Waals surface area contributed by atoms with Crippen molar-refractivity contribution in [1.82, 2.24) is 10.2 Å². The van der Waals surface area contributed by atoms with Gasteiger partial charge >= 0.3 is 0 Å². The lowest BCUT2D eigenvalue weighted by Crippen LogP contribution is -2.46. The lowest BCUT2D eigenvalue weighted by atomic mass is 9.99. The minimum atomic E-state index is -0.308. The smallest absolute Gasteiger partial charge is 0.228 e. The van der Waals surface area contributed by atoms with Gasteiger partial charge in [0.2, 0.25) is 5.91 Å². The number of rotatable bonds is 4. The summed E-state index contributed by atoms with van der Waals surface area (Å²) in [4.78, 5) is 14.7. The largest absolute Gasteiger partial charge is 0.352 e. The zero-order valence-electron chi connectivity index (χ0n) is 12.0. The molecule has 0 bridgehead atoms. The van der Waals surface area contributed by atoms with Crippen LogP contribution in [-0.4, -0.2) is 39.7 Å². The van der Waals surface area contributed by atoms with Gasteiger partial charge in [-0.05, 0) is 52.1 Å². The number of amides is 1. The number of halogens is 2. The summed E-state index contributed by atoms with van der Waals surface area (Å²) in [5.41, 5.74) is -0.308. The van der Waals surface area contributed by atoms with E-state index in [1.165, 1.54) is 25.9 Å². The fraction of sp³-hybridized carbons (Fsp3) is 0.929. The molecule has 5 heteroatoms. The Morgan fingerprint density at radius 3 is 2.42 bits per heavy atom. The van der Waals surface area contributed by atoms with Crippen molar-refractivity contribution < 1.29 is 4.79 Å². The average molecular weight is 396 g/mol. The molecule has 2 rings (SSSR count). The van der Waals surface area contributed by atoms with Crippen molar-refractivity contribution in [3.63, 3.8) is 0 Å². The molecular weight excluding hydrogens is 372 g/mol. The molecule has 2 atom stereocenters. The second-order valence-corrected chi connectivity index (χ2v) is 10.3. The first-order valence-electron chi connectivity index (χ1n) is 7.16. The predicted molar refractivity (Wildman–Crippen MR) is 85.8 cm³/mol. The van der Waals surface area contributed by atoms with Gasteiger partial charge in [0.15, 0.2) is 0 Å². The minimum Gasteiger partial charge on any atom is -0.352 e. The molecule has 110 valence electrons. The molecule has 0 aromatic carbocycles. The van der Waals surface area contributed by atoms with Crippen molar-refractivity contribution in [2.24, 2.45) is 11.3 Å². The van der Waals surface area contributed by atoms with Gasteiger partial charge in [0.25, 0.3) is 0 Å². The summed E-state index contributed by atoms with van der Waals surface area (Å²) < 4.78 is -0.197. The van der Waals surface area contributed by atoms with Crippen LogP contribution < -0.4 is 5.32 Å². The summed E-state index contributed by atoms with van der Waals surface area (Å²) in [6, 6.07) is 0.217. The topological polar surface area (TPSA) is 32.3 Å². The third-order valence-electron chi connectivity index (χ3n) is 4.54. The highest BCUT2D eigenvalue weighted by molar-refractivity contribution is 9.25. The molecule has 1 aliphatic carbocycles. The van der Waals surface area contributed by atoms with Gasteiger partial charge in [0.05, 0.1) is 8.65 Å². The molecule has 0 spiro atoms. The molecule has 0 aromatic heterocycles. The molecule has 2 fully saturated rings. The molecule has 1 saturated heterocycles. The van der Waals surface area contributed by atoms with Crippen LogP contribution in [0.2, 0.25) is 0 Å². The molecule has 1 heterocycles. The first-order chi connectivity index (χ1) is 8.74. The Kier molecular flexibility index (Phi) is 4.69. The summed E-state index contributed by atoms with van der Waals surface area (Å²) in [6.07, 6.45) is 3.41. The number of hydrogen-bond acceptors (Lipinski definition) is 2. The van der Waals surface area contributed by atoms with Crippen molar-refractivity contribution in [3.8, 4) is 0 Å². The van der Waals surface area contributed by atoms with Crippen molar-refractivity contribution in [1.29, 1.82) is 0 Å². The standard InChI is InChI=1S/C14H24Br2N2O/c1-10-4-6-18(7-5-10)8-11(2)17-12(19)13(3)9-14(13,15)16/h10-11H,4-9H2,1-3H3,(H,17,19)/t11-,13-/m0/s1. The van der Waals surface area contributed by atoms with Crippen LogP contribution in [0.15, 0.2) is 0 Å². The Morgan fingerprint density at radius 1 is 1.42 bits per heavy atom. The Balaban J connectivity index is 1.76. The minimum absolute atomic E-state index is 0.152. The van der Waals surface area contributed by atoms with E-state index in [0.717, 1.165) is 18.9 Å². The number of nitrogens with one attached hydrogen (secondary N) is 1. The van der Waals surface area contributed by atoms with E-state index >= 15 is 0 Å². The molecular formula is C14H24Br2N2O. The number of carbonyl (C=O) groups excluding carboxylic acids is 1. The lowest BCUT2D eigenvalue weighted by Gasteiger charge is -2.32. The normalized spacial score (nSPS) is 32.9. The molecule has 0 aromatic rings. The maximum atomic E-state index is 12.3. The van der Waals surface area contributed by atoms with Crippen LogP contribution in [0.5, 0.6) is 0 Å². The second kappa shape index (κ2) is 5.64. The summed E-state index contributed by atoms with van der Waals surface area (Å²) in [7, 11) is 0. The Bertz CT molecular complexity index is 353. The monoisotopic (exact) mass is 394 g/mol. The molecule has 1 saturated carbocycles. The maximum absolute atomic E-state index is 12.3. The van der Waals surface area contributed by atoms with Crippen molar-refractivity contribution in [2.45, 2.75) is 49.3 Å². The highest BCUT2D eigenvalue weighted by Gasteiger charge is 2.66. The van der Waals surface area contributed by atoms with E-state index in [4.69, 9.17) is 0 Å². The van der Waals surface area contributed by atoms with Crippen LogP contribution >= 0.6 is 31.9 Å². The zero-order valence-corrected chi connectivity index (χ0v) is 15.2. The number of nitrogens with zero attached hydrogens (tertiary/aromatic N) is 1. The third kappa shape index (κ3) is 3.53. The Morgan fingerprint density at radius 2 is 1.95 bits per heavy atom.